The van der Waals surface area contributed by atoms with E-state index in [2.05, 4.69) is 10.3 Å². The molecule has 2 N–H and O–H groups in total. The molecule has 19 heavy (non-hydrogen) atoms. The van der Waals surface area contributed by atoms with Crippen LogP contribution in [0.3, 0.4) is 0 Å². The molecule has 1 aromatic heterocycles. The summed E-state index contributed by atoms with van der Waals surface area (Å²) in [6.07, 6.45) is 0.278. The maximum atomic E-state index is 11.5. The van der Waals surface area contributed by atoms with Crippen LogP contribution in [0.25, 0.3) is 0 Å². The molecule has 6 nitrogen and oxygen atoms in total. The molecule has 0 radical (unpaired) electrons. The molecule has 0 saturated heterocycles. The summed E-state index contributed by atoms with van der Waals surface area (Å²) in [6, 6.07) is 0. The Morgan fingerprint density at radius 1 is 1.47 bits per heavy atom. The van der Waals surface area contributed by atoms with Crippen molar-refractivity contribution in [2.24, 2.45) is 0 Å². The Kier molecular flexibility index (Phi) is 5.02. The molecule has 0 bridgehead atoms. The zero-order chi connectivity index (χ0) is 14.6. The average Bonchev–Trinajstić information content (AvgIpc) is 2.74. The molecule has 0 aliphatic carbocycles. The van der Waals surface area contributed by atoms with Crippen molar-refractivity contribution in [2.45, 2.75) is 32.4 Å². The third-order valence-corrected chi connectivity index (χ3v) is 3.54. The molecule has 106 valence electrons. The highest BCUT2D eigenvalue weighted by Gasteiger charge is 2.26. The van der Waals surface area contributed by atoms with Crippen LogP contribution in [0.2, 0.25) is 0 Å². The molecule has 0 saturated carbocycles. The Balaban J connectivity index is 2.56. The molecule has 0 atom stereocenters. The predicted molar refractivity (Wildman–Crippen MR) is 73.1 cm³/mol. The summed E-state index contributed by atoms with van der Waals surface area (Å²) < 4.78 is 0. The van der Waals surface area contributed by atoms with Crippen LogP contribution in [0, 0.1) is 0 Å². The number of thiazole rings is 1. The maximum absolute atomic E-state index is 11.5. The van der Waals surface area contributed by atoms with E-state index in [4.69, 9.17) is 5.11 Å². The number of carboxylic acid groups (broad SMARTS) is 1. The minimum atomic E-state index is -0.997. The van der Waals surface area contributed by atoms with Crippen molar-refractivity contribution in [3.8, 4) is 0 Å². The lowest BCUT2D eigenvalue weighted by atomic mass is 10.1. The summed E-state index contributed by atoms with van der Waals surface area (Å²) in [4.78, 5) is 28.3. The number of carbonyl (C=O) groups excluding carboxylic acids is 1. The Morgan fingerprint density at radius 2 is 2.11 bits per heavy atom. The first-order chi connectivity index (χ1) is 8.72. The lowest BCUT2D eigenvalue weighted by Crippen LogP contribution is -2.46. The number of likely N-dealkylation sites (N-methyl/N-ethyl adjacent to an activating group) is 1. The van der Waals surface area contributed by atoms with Crippen molar-refractivity contribution < 1.29 is 14.7 Å². The Morgan fingerprint density at radius 3 is 2.63 bits per heavy atom. The maximum Gasteiger partial charge on any atom is 0.323 e. The molecule has 0 unspecified atom stereocenters. The molecule has 0 aromatic carbocycles. The van der Waals surface area contributed by atoms with E-state index in [1.54, 1.807) is 27.9 Å². The zero-order valence-electron chi connectivity index (χ0n) is 11.6. The third-order valence-electron chi connectivity index (χ3n) is 2.65. The monoisotopic (exact) mass is 285 g/mol. The molecule has 0 fully saturated rings. The van der Waals surface area contributed by atoms with Crippen molar-refractivity contribution in [3.05, 3.63) is 16.1 Å². The highest BCUT2D eigenvalue weighted by atomic mass is 32.1. The van der Waals surface area contributed by atoms with Crippen LogP contribution < -0.4 is 5.32 Å². The SMILES string of the molecule is CN(C)C(=O)Cc1nc(CNC(C)(C)C(=O)O)cs1. The van der Waals surface area contributed by atoms with Gasteiger partial charge in [-0.15, -0.1) is 11.3 Å². The fourth-order valence-electron chi connectivity index (χ4n) is 1.19. The molecule has 0 aliphatic rings. The van der Waals surface area contributed by atoms with Gasteiger partial charge in [0.2, 0.25) is 5.91 Å². The number of hydrogen-bond donors (Lipinski definition) is 2. The van der Waals surface area contributed by atoms with Gasteiger partial charge in [-0.25, -0.2) is 4.98 Å². The second-order valence-electron chi connectivity index (χ2n) is 4.98. The minimum Gasteiger partial charge on any atom is -0.480 e. The first-order valence-corrected chi connectivity index (χ1v) is 6.72. The Bertz CT molecular complexity index is 469. The van der Waals surface area contributed by atoms with Gasteiger partial charge in [-0.3, -0.25) is 14.9 Å². The number of nitrogens with zero attached hydrogens (tertiary/aromatic N) is 2. The first kappa shape index (κ1) is 15.6. The summed E-state index contributed by atoms with van der Waals surface area (Å²) >= 11 is 1.41. The minimum absolute atomic E-state index is 0.000255. The van der Waals surface area contributed by atoms with Gasteiger partial charge in [0.15, 0.2) is 0 Å². The topological polar surface area (TPSA) is 82.5 Å². The summed E-state index contributed by atoms with van der Waals surface area (Å²) in [5.74, 6) is -0.912. The van der Waals surface area contributed by atoms with Crippen LogP contribution >= 0.6 is 11.3 Å². The molecule has 1 rings (SSSR count). The summed E-state index contributed by atoms with van der Waals surface area (Å²) in [6.45, 7) is 3.56. The van der Waals surface area contributed by atoms with Gasteiger partial charge in [0.25, 0.3) is 0 Å². The molecular weight excluding hydrogens is 266 g/mol. The first-order valence-electron chi connectivity index (χ1n) is 5.84. The number of rotatable bonds is 6. The van der Waals surface area contributed by atoms with E-state index in [0.29, 0.717) is 6.54 Å². The Hall–Kier alpha value is -1.47. The van der Waals surface area contributed by atoms with Crippen molar-refractivity contribution in [1.29, 1.82) is 0 Å². The molecule has 1 aromatic rings. The van der Waals surface area contributed by atoms with Gasteiger partial charge in [-0.05, 0) is 13.8 Å². The highest BCUT2D eigenvalue weighted by Crippen LogP contribution is 2.12. The van der Waals surface area contributed by atoms with E-state index in [1.807, 2.05) is 5.38 Å². The van der Waals surface area contributed by atoms with Crippen LogP contribution in [0.1, 0.15) is 24.5 Å². The number of carbonyl (C=O) groups is 2. The van der Waals surface area contributed by atoms with E-state index >= 15 is 0 Å². The predicted octanol–water partition coefficient (Wildman–Crippen LogP) is 0.727. The summed E-state index contributed by atoms with van der Waals surface area (Å²) in [5, 5.41) is 14.5. The number of carboxylic acids is 1. The molecule has 7 heteroatoms. The van der Waals surface area contributed by atoms with E-state index < -0.39 is 11.5 Å². The van der Waals surface area contributed by atoms with Gasteiger partial charge in [-0.2, -0.15) is 0 Å². The second kappa shape index (κ2) is 6.12. The fraction of sp³-hybridized carbons (Fsp3) is 0.583. The molecule has 0 aliphatic heterocycles. The largest absolute Gasteiger partial charge is 0.480 e. The second-order valence-corrected chi connectivity index (χ2v) is 5.92. The number of aliphatic carboxylic acids is 1. The fourth-order valence-corrected chi connectivity index (χ4v) is 1.97. The molecule has 1 amide bonds. The van der Waals surface area contributed by atoms with Crippen molar-refractivity contribution in [3.63, 3.8) is 0 Å². The van der Waals surface area contributed by atoms with E-state index in [0.717, 1.165) is 10.7 Å². The van der Waals surface area contributed by atoms with Gasteiger partial charge >= 0.3 is 5.97 Å². The highest BCUT2D eigenvalue weighted by molar-refractivity contribution is 7.09. The summed E-state index contributed by atoms with van der Waals surface area (Å²) in [7, 11) is 3.40. The normalized spacial score (nSPS) is 11.4. The molecule has 1 heterocycles. The molecule has 0 spiro atoms. The van der Waals surface area contributed by atoms with Crippen LogP contribution in [-0.4, -0.2) is 46.5 Å². The van der Waals surface area contributed by atoms with Crippen LogP contribution in [-0.2, 0) is 22.6 Å². The van der Waals surface area contributed by atoms with E-state index in [9.17, 15) is 9.59 Å². The van der Waals surface area contributed by atoms with Gasteiger partial charge in [0.05, 0.1) is 12.1 Å². The van der Waals surface area contributed by atoms with Crippen molar-refractivity contribution >= 4 is 23.2 Å². The van der Waals surface area contributed by atoms with Crippen molar-refractivity contribution in [1.82, 2.24) is 15.2 Å². The van der Waals surface area contributed by atoms with Gasteiger partial charge in [0.1, 0.15) is 10.5 Å². The van der Waals surface area contributed by atoms with Crippen LogP contribution in [0.15, 0.2) is 5.38 Å². The van der Waals surface area contributed by atoms with E-state index in [-0.39, 0.29) is 12.3 Å². The van der Waals surface area contributed by atoms with Gasteiger partial charge in [0, 0.05) is 26.0 Å². The van der Waals surface area contributed by atoms with Crippen LogP contribution in [0.5, 0.6) is 0 Å². The number of aromatic nitrogens is 1. The average molecular weight is 285 g/mol. The lowest BCUT2D eigenvalue weighted by molar-refractivity contribution is -0.143. The smallest absolute Gasteiger partial charge is 0.323 e. The van der Waals surface area contributed by atoms with E-state index in [1.165, 1.54) is 16.2 Å². The third kappa shape index (κ3) is 4.60. The lowest BCUT2D eigenvalue weighted by Gasteiger charge is -2.20. The number of amides is 1. The quantitative estimate of drug-likeness (QED) is 0.805. The van der Waals surface area contributed by atoms with Gasteiger partial charge in [-0.1, -0.05) is 0 Å². The number of nitrogens with one attached hydrogen (secondary N) is 1. The number of hydrogen-bond acceptors (Lipinski definition) is 5. The standard InChI is InChI=1S/C12H19N3O3S/c1-12(2,11(17)18)13-6-8-7-19-9(14-8)5-10(16)15(3)4/h7,13H,5-6H2,1-4H3,(H,17,18). The Labute approximate surface area is 116 Å². The van der Waals surface area contributed by atoms with Crippen molar-refractivity contribution in [2.75, 3.05) is 14.1 Å². The zero-order valence-corrected chi connectivity index (χ0v) is 12.4. The van der Waals surface area contributed by atoms with Gasteiger partial charge < -0.3 is 10.0 Å². The molecular formula is C12H19N3O3S. The van der Waals surface area contributed by atoms with Crippen LogP contribution in [0.4, 0.5) is 0 Å². The summed E-state index contributed by atoms with van der Waals surface area (Å²) in [5.41, 5.74) is -0.246.